The molecule has 0 spiro atoms. The number of hydrogen-bond acceptors (Lipinski definition) is 6. The van der Waals surface area contributed by atoms with Crippen LogP contribution in [0.1, 0.15) is 15.9 Å². The molecule has 0 bridgehead atoms. The minimum Gasteiger partial charge on any atom is -0.465 e. The van der Waals surface area contributed by atoms with Crippen LogP contribution in [0.2, 0.25) is 0 Å². The molecule has 0 aliphatic carbocycles. The van der Waals surface area contributed by atoms with Crippen LogP contribution in [0.15, 0.2) is 65.4 Å². The van der Waals surface area contributed by atoms with Gasteiger partial charge in [0.05, 0.1) is 18.9 Å². The standard InChI is InChI=1S/C19H16N2O5/c1-24-18(22)15-9-14(17-20-7-8-25-17)10-16(11-15)21-19(23)26-12-13-5-3-2-4-6-13/h2-11H,12H2,1H3,(H,21,23). The van der Waals surface area contributed by atoms with Crippen molar-refractivity contribution in [2.24, 2.45) is 0 Å². The number of methoxy groups -OCH3 is 1. The number of carbonyl (C=O) groups is 2. The zero-order valence-electron chi connectivity index (χ0n) is 14.0. The minimum absolute atomic E-state index is 0.135. The largest absolute Gasteiger partial charge is 0.465 e. The number of aromatic nitrogens is 1. The molecule has 7 nitrogen and oxygen atoms in total. The van der Waals surface area contributed by atoms with E-state index in [1.165, 1.54) is 25.6 Å². The summed E-state index contributed by atoms with van der Waals surface area (Å²) in [6.45, 7) is 0.135. The van der Waals surface area contributed by atoms with Crippen molar-refractivity contribution in [3.8, 4) is 11.5 Å². The Labute approximate surface area is 149 Å². The second-order valence-electron chi connectivity index (χ2n) is 5.31. The fourth-order valence-corrected chi connectivity index (χ4v) is 2.30. The first-order valence-electron chi connectivity index (χ1n) is 7.76. The lowest BCUT2D eigenvalue weighted by Crippen LogP contribution is -2.14. The molecule has 2 aromatic carbocycles. The van der Waals surface area contributed by atoms with Gasteiger partial charge in [-0.05, 0) is 23.8 Å². The summed E-state index contributed by atoms with van der Waals surface area (Å²) in [6, 6.07) is 14.0. The number of amides is 1. The Morgan fingerprint density at radius 1 is 1.15 bits per heavy atom. The lowest BCUT2D eigenvalue weighted by molar-refractivity contribution is 0.0600. The summed E-state index contributed by atoms with van der Waals surface area (Å²) in [4.78, 5) is 28.0. The molecule has 1 N–H and O–H groups in total. The van der Waals surface area contributed by atoms with Crippen molar-refractivity contribution in [3.63, 3.8) is 0 Å². The monoisotopic (exact) mass is 352 g/mol. The van der Waals surface area contributed by atoms with Gasteiger partial charge in [0, 0.05) is 11.3 Å². The lowest BCUT2D eigenvalue weighted by atomic mass is 10.1. The molecule has 0 aliphatic heterocycles. The van der Waals surface area contributed by atoms with Crippen LogP contribution in [0.25, 0.3) is 11.5 Å². The van der Waals surface area contributed by atoms with Crippen LogP contribution in [-0.2, 0) is 16.1 Å². The van der Waals surface area contributed by atoms with Gasteiger partial charge in [-0.2, -0.15) is 0 Å². The van der Waals surface area contributed by atoms with Crippen LogP contribution in [0.3, 0.4) is 0 Å². The fourth-order valence-electron chi connectivity index (χ4n) is 2.30. The maximum absolute atomic E-state index is 12.0. The molecule has 3 aromatic rings. The van der Waals surface area contributed by atoms with Crippen molar-refractivity contribution in [1.82, 2.24) is 4.98 Å². The summed E-state index contributed by atoms with van der Waals surface area (Å²) in [5.74, 6) is -0.226. The normalized spacial score (nSPS) is 10.2. The van der Waals surface area contributed by atoms with Crippen LogP contribution < -0.4 is 5.32 Å². The van der Waals surface area contributed by atoms with Crippen LogP contribution in [0, 0.1) is 0 Å². The van der Waals surface area contributed by atoms with Crippen molar-refractivity contribution in [3.05, 3.63) is 72.1 Å². The predicted octanol–water partition coefficient (Wildman–Crippen LogP) is 3.88. The number of carbonyl (C=O) groups excluding carboxylic acids is 2. The molecule has 1 heterocycles. The van der Waals surface area contributed by atoms with Crippen molar-refractivity contribution in [1.29, 1.82) is 0 Å². The predicted molar refractivity (Wildman–Crippen MR) is 93.5 cm³/mol. The first-order valence-corrected chi connectivity index (χ1v) is 7.76. The van der Waals surface area contributed by atoms with Gasteiger partial charge in [0.2, 0.25) is 5.89 Å². The molecule has 3 rings (SSSR count). The number of hydrogen-bond donors (Lipinski definition) is 1. The maximum atomic E-state index is 12.0. The molecule has 132 valence electrons. The number of anilines is 1. The van der Waals surface area contributed by atoms with E-state index in [9.17, 15) is 9.59 Å². The quantitative estimate of drug-likeness (QED) is 0.701. The summed E-state index contributed by atoms with van der Waals surface area (Å²) in [5, 5.41) is 2.60. The highest BCUT2D eigenvalue weighted by molar-refractivity contribution is 5.94. The van der Waals surface area contributed by atoms with E-state index < -0.39 is 12.1 Å². The first-order chi connectivity index (χ1) is 12.7. The smallest absolute Gasteiger partial charge is 0.411 e. The van der Waals surface area contributed by atoms with Gasteiger partial charge in [-0.1, -0.05) is 30.3 Å². The minimum atomic E-state index is -0.644. The lowest BCUT2D eigenvalue weighted by Gasteiger charge is -2.10. The van der Waals surface area contributed by atoms with Gasteiger partial charge >= 0.3 is 12.1 Å². The molecule has 0 atom stereocenters. The molecule has 0 saturated heterocycles. The van der Waals surface area contributed by atoms with Crippen LogP contribution in [0.4, 0.5) is 10.5 Å². The van der Waals surface area contributed by atoms with Gasteiger partial charge in [-0.15, -0.1) is 0 Å². The summed E-state index contributed by atoms with van der Waals surface area (Å²) in [7, 11) is 1.28. The van der Waals surface area contributed by atoms with E-state index in [2.05, 4.69) is 10.3 Å². The molecule has 1 aromatic heterocycles. The number of nitrogens with zero attached hydrogens (tertiary/aromatic N) is 1. The van der Waals surface area contributed by atoms with E-state index in [0.29, 0.717) is 17.1 Å². The van der Waals surface area contributed by atoms with E-state index in [4.69, 9.17) is 13.9 Å². The SMILES string of the molecule is COC(=O)c1cc(NC(=O)OCc2ccccc2)cc(-c2ncco2)c1. The van der Waals surface area contributed by atoms with Crippen molar-refractivity contribution < 1.29 is 23.5 Å². The van der Waals surface area contributed by atoms with Crippen LogP contribution >= 0.6 is 0 Å². The summed E-state index contributed by atoms with van der Waals surface area (Å²) in [5.41, 5.74) is 2.00. The average Bonchev–Trinajstić information content (AvgIpc) is 3.21. The van der Waals surface area contributed by atoms with Gasteiger partial charge in [-0.25, -0.2) is 14.6 Å². The second kappa shape index (κ2) is 7.98. The zero-order chi connectivity index (χ0) is 18.4. The fraction of sp³-hybridized carbons (Fsp3) is 0.105. The van der Waals surface area contributed by atoms with Crippen LogP contribution in [-0.4, -0.2) is 24.2 Å². The number of ether oxygens (including phenoxy) is 2. The number of nitrogens with one attached hydrogen (secondary N) is 1. The highest BCUT2D eigenvalue weighted by Gasteiger charge is 2.14. The Balaban J connectivity index is 1.76. The van der Waals surface area contributed by atoms with E-state index in [-0.39, 0.29) is 12.2 Å². The third kappa shape index (κ3) is 4.27. The van der Waals surface area contributed by atoms with E-state index in [1.54, 1.807) is 12.1 Å². The van der Waals surface area contributed by atoms with E-state index >= 15 is 0 Å². The molecule has 1 amide bonds. The first kappa shape index (κ1) is 17.2. The average molecular weight is 352 g/mol. The maximum Gasteiger partial charge on any atom is 0.411 e. The van der Waals surface area contributed by atoms with Gasteiger partial charge in [-0.3, -0.25) is 5.32 Å². The molecule has 0 unspecified atom stereocenters. The highest BCUT2D eigenvalue weighted by atomic mass is 16.5. The Morgan fingerprint density at radius 2 is 1.96 bits per heavy atom. The highest BCUT2D eigenvalue weighted by Crippen LogP contribution is 2.24. The number of oxazole rings is 1. The van der Waals surface area contributed by atoms with E-state index in [1.807, 2.05) is 30.3 Å². The molecule has 0 radical (unpaired) electrons. The Morgan fingerprint density at radius 3 is 2.65 bits per heavy atom. The third-order valence-electron chi connectivity index (χ3n) is 3.49. The topological polar surface area (TPSA) is 90.7 Å². The summed E-state index contributed by atoms with van der Waals surface area (Å²) < 4.78 is 15.2. The van der Waals surface area contributed by atoms with Crippen molar-refractivity contribution in [2.75, 3.05) is 12.4 Å². The second-order valence-corrected chi connectivity index (χ2v) is 5.31. The Kier molecular flexibility index (Phi) is 5.28. The molecule has 0 aliphatic rings. The van der Waals surface area contributed by atoms with Crippen molar-refractivity contribution in [2.45, 2.75) is 6.61 Å². The van der Waals surface area contributed by atoms with Gasteiger partial charge in [0.25, 0.3) is 0 Å². The molecule has 0 saturated carbocycles. The van der Waals surface area contributed by atoms with Gasteiger partial charge < -0.3 is 13.9 Å². The number of rotatable bonds is 5. The third-order valence-corrected chi connectivity index (χ3v) is 3.49. The van der Waals surface area contributed by atoms with E-state index in [0.717, 1.165) is 5.56 Å². The summed E-state index contributed by atoms with van der Waals surface area (Å²) in [6.07, 6.45) is 2.26. The zero-order valence-corrected chi connectivity index (χ0v) is 14.0. The molecule has 0 fully saturated rings. The summed E-state index contributed by atoms with van der Waals surface area (Å²) >= 11 is 0. The molecule has 26 heavy (non-hydrogen) atoms. The Hall–Kier alpha value is -3.61. The molecule has 7 heteroatoms. The van der Waals surface area contributed by atoms with Crippen molar-refractivity contribution >= 4 is 17.7 Å². The number of benzene rings is 2. The van der Waals surface area contributed by atoms with Gasteiger partial charge in [0.15, 0.2) is 0 Å². The molecular weight excluding hydrogens is 336 g/mol. The van der Waals surface area contributed by atoms with Crippen LogP contribution in [0.5, 0.6) is 0 Å². The number of esters is 1. The molecular formula is C19H16N2O5. The van der Waals surface area contributed by atoms with Gasteiger partial charge in [0.1, 0.15) is 12.9 Å². The Bertz CT molecular complexity index is 892.